The zero-order valence-corrected chi connectivity index (χ0v) is 14.1. The van der Waals surface area contributed by atoms with Crippen LogP contribution in [0.2, 0.25) is 0 Å². The van der Waals surface area contributed by atoms with E-state index in [1.165, 1.54) is 6.07 Å². The fourth-order valence-electron chi connectivity index (χ4n) is 3.27. The maximum Gasteiger partial charge on any atom is 0.193 e. The van der Waals surface area contributed by atoms with Crippen molar-refractivity contribution < 1.29 is 9.52 Å². The van der Waals surface area contributed by atoms with Gasteiger partial charge in [-0.1, -0.05) is 30.3 Å². The van der Waals surface area contributed by atoms with Crippen molar-refractivity contribution in [2.75, 3.05) is 38.1 Å². The van der Waals surface area contributed by atoms with Crippen molar-refractivity contribution in [3.05, 3.63) is 58.8 Å². The van der Waals surface area contributed by atoms with Crippen LogP contribution in [0.1, 0.15) is 0 Å². The second-order valence-corrected chi connectivity index (χ2v) is 6.44. The van der Waals surface area contributed by atoms with Crippen LogP contribution >= 0.6 is 0 Å². The molecule has 0 aliphatic carbocycles. The Hall–Kier alpha value is -2.79. The standard InChI is InChI=1S/C20H20N2O3/c1-21-9-11-22(12-10-21)19-16(23)8-7-15-17(24)13-18(25-20(15)19)14-5-3-2-4-6-14/h2-8,13,23H,9-12H2,1H3. The minimum absolute atomic E-state index is 0.101. The molecular formula is C20H20N2O3. The number of aromatic hydroxyl groups is 1. The van der Waals surface area contributed by atoms with Crippen molar-refractivity contribution in [3.8, 4) is 17.1 Å². The first-order valence-corrected chi connectivity index (χ1v) is 8.42. The molecule has 1 aromatic heterocycles. The van der Waals surface area contributed by atoms with E-state index >= 15 is 0 Å². The highest BCUT2D eigenvalue weighted by atomic mass is 16.3. The van der Waals surface area contributed by atoms with E-state index in [2.05, 4.69) is 16.8 Å². The molecule has 1 saturated heterocycles. The topological polar surface area (TPSA) is 56.9 Å². The van der Waals surface area contributed by atoms with Crippen molar-refractivity contribution in [2.24, 2.45) is 0 Å². The minimum atomic E-state index is -0.101. The zero-order chi connectivity index (χ0) is 17.4. The first-order valence-electron chi connectivity index (χ1n) is 8.42. The Balaban J connectivity index is 1.91. The van der Waals surface area contributed by atoms with Gasteiger partial charge in [0.1, 0.15) is 17.2 Å². The van der Waals surface area contributed by atoms with Gasteiger partial charge in [-0.2, -0.15) is 0 Å². The summed E-state index contributed by atoms with van der Waals surface area (Å²) in [6.45, 7) is 3.36. The van der Waals surface area contributed by atoms with Gasteiger partial charge in [-0.3, -0.25) is 4.79 Å². The number of likely N-dealkylation sites (N-methyl/N-ethyl adjacent to an activating group) is 1. The average Bonchev–Trinajstić information content (AvgIpc) is 2.63. The Morgan fingerprint density at radius 3 is 2.44 bits per heavy atom. The van der Waals surface area contributed by atoms with E-state index in [4.69, 9.17) is 4.42 Å². The summed E-state index contributed by atoms with van der Waals surface area (Å²) in [5.74, 6) is 0.657. The van der Waals surface area contributed by atoms with Crippen molar-refractivity contribution in [1.29, 1.82) is 0 Å². The maximum absolute atomic E-state index is 12.6. The molecule has 1 fully saturated rings. The third-order valence-electron chi connectivity index (χ3n) is 4.73. The lowest BCUT2D eigenvalue weighted by atomic mass is 10.1. The molecule has 4 rings (SSSR count). The Morgan fingerprint density at radius 1 is 1.00 bits per heavy atom. The van der Waals surface area contributed by atoms with Crippen molar-refractivity contribution >= 4 is 16.7 Å². The highest BCUT2D eigenvalue weighted by Gasteiger charge is 2.22. The van der Waals surface area contributed by atoms with E-state index in [1.54, 1.807) is 12.1 Å². The summed E-state index contributed by atoms with van der Waals surface area (Å²) in [4.78, 5) is 16.9. The van der Waals surface area contributed by atoms with Crippen molar-refractivity contribution in [1.82, 2.24) is 4.90 Å². The van der Waals surface area contributed by atoms with Gasteiger partial charge >= 0.3 is 0 Å². The molecular weight excluding hydrogens is 316 g/mol. The molecule has 2 aromatic carbocycles. The third kappa shape index (κ3) is 2.87. The van der Waals surface area contributed by atoms with Crippen molar-refractivity contribution in [3.63, 3.8) is 0 Å². The highest BCUT2D eigenvalue weighted by Crippen LogP contribution is 2.36. The van der Waals surface area contributed by atoms with Crippen LogP contribution in [0.3, 0.4) is 0 Å². The normalized spacial score (nSPS) is 15.6. The smallest absolute Gasteiger partial charge is 0.193 e. The van der Waals surface area contributed by atoms with Crippen molar-refractivity contribution in [2.45, 2.75) is 0 Å². The van der Waals surface area contributed by atoms with Crippen LogP contribution < -0.4 is 10.3 Å². The average molecular weight is 336 g/mol. The van der Waals surface area contributed by atoms with E-state index in [-0.39, 0.29) is 11.2 Å². The lowest BCUT2D eigenvalue weighted by molar-refractivity contribution is 0.311. The van der Waals surface area contributed by atoms with E-state index < -0.39 is 0 Å². The molecule has 1 N–H and O–H groups in total. The van der Waals surface area contributed by atoms with Gasteiger partial charge in [-0.15, -0.1) is 0 Å². The molecule has 2 heterocycles. The fraction of sp³-hybridized carbons (Fsp3) is 0.250. The molecule has 0 radical (unpaired) electrons. The molecule has 25 heavy (non-hydrogen) atoms. The largest absolute Gasteiger partial charge is 0.506 e. The molecule has 0 atom stereocenters. The number of piperazine rings is 1. The Bertz CT molecular complexity index is 958. The first kappa shape index (κ1) is 15.7. The Labute approximate surface area is 145 Å². The van der Waals surface area contributed by atoms with Gasteiger partial charge in [0, 0.05) is 37.8 Å². The predicted molar refractivity (Wildman–Crippen MR) is 99.3 cm³/mol. The SMILES string of the molecule is CN1CCN(c2c(O)ccc3c(=O)cc(-c4ccccc4)oc23)CC1. The summed E-state index contributed by atoms with van der Waals surface area (Å²) >= 11 is 0. The highest BCUT2D eigenvalue weighted by molar-refractivity contribution is 5.93. The van der Waals surface area contributed by atoms with Gasteiger partial charge in [-0.25, -0.2) is 0 Å². The van der Waals surface area contributed by atoms with E-state index in [0.717, 1.165) is 31.7 Å². The van der Waals surface area contributed by atoms with Gasteiger partial charge in [0.05, 0.1) is 5.39 Å². The second-order valence-electron chi connectivity index (χ2n) is 6.44. The summed E-state index contributed by atoms with van der Waals surface area (Å²) < 4.78 is 6.11. The molecule has 5 nitrogen and oxygen atoms in total. The molecule has 3 aromatic rings. The Kier molecular flexibility index (Phi) is 3.93. The van der Waals surface area contributed by atoms with Gasteiger partial charge in [-0.05, 0) is 19.2 Å². The summed E-state index contributed by atoms with van der Waals surface area (Å²) in [6.07, 6.45) is 0. The van der Waals surface area contributed by atoms with E-state index in [0.29, 0.717) is 22.4 Å². The molecule has 0 spiro atoms. The third-order valence-corrected chi connectivity index (χ3v) is 4.73. The Morgan fingerprint density at radius 2 is 1.72 bits per heavy atom. The lowest BCUT2D eigenvalue weighted by Gasteiger charge is -2.34. The van der Waals surface area contributed by atoms with Crippen LogP contribution in [-0.4, -0.2) is 43.2 Å². The molecule has 0 amide bonds. The van der Waals surface area contributed by atoms with Gasteiger partial charge in [0.25, 0.3) is 0 Å². The number of fused-ring (bicyclic) bond motifs is 1. The number of phenols is 1. The van der Waals surface area contributed by atoms with Crippen LogP contribution in [0.5, 0.6) is 5.75 Å². The van der Waals surface area contributed by atoms with E-state index in [1.807, 2.05) is 30.3 Å². The molecule has 128 valence electrons. The monoisotopic (exact) mass is 336 g/mol. The second kappa shape index (κ2) is 6.26. The minimum Gasteiger partial charge on any atom is -0.506 e. The molecule has 1 aliphatic heterocycles. The first-order chi connectivity index (χ1) is 12.1. The molecule has 5 heteroatoms. The summed E-state index contributed by atoms with van der Waals surface area (Å²) in [5, 5.41) is 11.0. The number of benzene rings is 2. The molecule has 0 saturated carbocycles. The number of nitrogens with zero attached hydrogens (tertiary/aromatic N) is 2. The van der Waals surface area contributed by atoms with Crippen LogP contribution in [-0.2, 0) is 0 Å². The van der Waals surface area contributed by atoms with Crippen LogP contribution in [0, 0.1) is 0 Å². The van der Waals surface area contributed by atoms with Crippen LogP contribution in [0.25, 0.3) is 22.3 Å². The summed E-state index contributed by atoms with van der Waals surface area (Å²) in [5.41, 5.74) is 1.81. The molecule has 1 aliphatic rings. The number of hydrogen-bond acceptors (Lipinski definition) is 5. The lowest BCUT2D eigenvalue weighted by Crippen LogP contribution is -2.44. The maximum atomic E-state index is 12.6. The number of rotatable bonds is 2. The fourth-order valence-corrected chi connectivity index (χ4v) is 3.27. The van der Waals surface area contributed by atoms with Gasteiger partial charge in [0.15, 0.2) is 11.0 Å². The summed E-state index contributed by atoms with van der Waals surface area (Å²) in [6, 6.07) is 14.3. The van der Waals surface area contributed by atoms with Gasteiger partial charge < -0.3 is 19.3 Å². The molecule has 0 bridgehead atoms. The predicted octanol–water partition coefficient (Wildman–Crippen LogP) is 2.92. The zero-order valence-electron chi connectivity index (χ0n) is 14.1. The summed E-state index contributed by atoms with van der Waals surface area (Å²) in [7, 11) is 2.08. The van der Waals surface area contributed by atoms with E-state index in [9.17, 15) is 9.90 Å². The molecule has 0 unspecified atom stereocenters. The quantitative estimate of drug-likeness (QED) is 0.780. The van der Waals surface area contributed by atoms with Gasteiger partial charge in [0.2, 0.25) is 0 Å². The number of anilines is 1. The van der Waals surface area contributed by atoms with Crippen LogP contribution in [0.4, 0.5) is 5.69 Å². The number of phenolic OH excluding ortho intramolecular Hbond substituents is 1. The van der Waals surface area contributed by atoms with Crippen LogP contribution in [0.15, 0.2) is 57.7 Å². The number of hydrogen-bond donors (Lipinski definition) is 1.